The predicted molar refractivity (Wildman–Crippen MR) is 136 cm³/mol. The number of ether oxygens (including phenoxy) is 1. The Morgan fingerprint density at radius 1 is 1.00 bits per heavy atom. The second-order valence-corrected chi connectivity index (χ2v) is 8.62. The zero-order valence-corrected chi connectivity index (χ0v) is 20.3. The number of carbonyl (C=O) groups is 1. The predicted octanol–water partition coefficient (Wildman–Crippen LogP) is 6.06. The Bertz CT molecular complexity index is 1530. The Morgan fingerprint density at radius 2 is 1.75 bits per heavy atom. The molecule has 184 valence electrons. The molecule has 0 amide bonds. The van der Waals surface area contributed by atoms with Gasteiger partial charge in [0, 0.05) is 5.56 Å². The van der Waals surface area contributed by atoms with Crippen LogP contribution in [0.3, 0.4) is 0 Å². The van der Waals surface area contributed by atoms with E-state index >= 15 is 0 Å². The zero-order chi connectivity index (χ0) is 26.0. The minimum absolute atomic E-state index is 0.0420. The van der Waals surface area contributed by atoms with Gasteiger partial charge in [0.05, 0.1) is 17.4 Å². The molecule has 3 aromatic carbocycles. The molecule has 9 nitrogen and oxygen atoms in total. The number of hydrogen-bond acceptors (Lipinski definition) is 6. The summed E-state index contributed by atoms with van der Waals surface area (Å²) in [5.41, 5.74) is 3.35. The van der Waals surface area contributed by atoms with Crippen molar-refractivity contribution in [3.8, 4) is 28.4 Å². The summed E-state index contributed by atoms with van der Waals surface area (Å²) in [6, 6.07) is 16.7. The topological polar surface area (TPSA) is 129 Å². The van der Waals surface area contributed by atoms with Gasteiger partial charge in [-0.2, -0.15) is 0 Å². The Balaban J connectivity index is 1.76. The summed E-state index contributed by atoms with van der Waals surface area (Å²) in [4.78, 5) is 24.6. The van der Waals surface area contributed by atoms with Gasteiger partial charge in [-0.3, -0.25) is 9.89 Å². The summed E-state index contributed by atoms with van der Waals surface area (Å²) in [6.07, 6.45) is -0.233. The van der Waals surface area contributed by atoms with Crippen LogP contribution in [0.25, 0.3) is 16.8 Å². The lowest BCUT2D eigenvalue weighted by Crippen LogP contribution is -2.14. The molecule has 0 unspecified atom stereocenters. The maximum Gasteiger partial charge on any atom is 0.335 e. The molecule has 0 fully saturated rings. The fourth-order valence-electron chi connectivity index (χ4n) is 3.63. The minimum Gasteiger partial charge on any atom is -0.505 e. The normalized spacial score (nSPS) is 11.4. The molecule has 0 bridgehead atoms. The standard InChI is InChI=1S/C27H26N4O5/c1-15(2)36-25-23(26(33)31(30-25)20-12-11-16(3)17(4)13-20)29-28-22-10-6-9-21(24(22)32)18-7-5-8-19(14-18)27(34)35/h5-15,30,32H,1-4H3,(H,34,35). The van der Waals surface area contributed by atoms with Gasteiger partial charge in [-0.25, -0.2) is 9.48 Å². The van der Waals surface area contributed by atoms with E-state index in [0.717, 1.165) is 11.1 Å². The maximum absolute atomic E-state index is 13.2. The number of carboxylic acid groups (broad SMARTS) is 1. The molecule has 3 N–H and O–H groups in total. The number of hydrogen-bond donors (Lipinski definition) is 3. The molecule has 0 spiro atoms. The molecule has 1 heterocycles. The van der Waals surface area contributed by atoms with Crippen LogP contribution in [0, 0.1) is 13.8 Å². The van der Waals surface area contributed by atoms with Crippen molar-refractivity contribution in [1.82, 2.24) is 9.78 Å². The lowest BCUT2D eigenvalue weighted by molar-refractivity contribution is 0.0697. The van der Waals surface area contributed by atoms with E-state index in [1.165, 1.54) is 16.8 Å². The molecule has 0 saturated carbocycles. The van der Waals surface area contributed by atoms with E-state index in [9.17, 15) is 19.8 Å². The van der Waals surface area contributed by atoms with Crippen LogP contribution in [-0.2, 0) is 0 Å². The fourth-order valence-corrected chi connectivity index (χ4v) is 3.63. The first kappa shape index (κ1) is 24.5. The van der Waals surface area contributed by atoms with Crippen LogP contribution in [0.15, 0.2) is 75.7 Å². The molecule has 0 aliphatic carbocycles. The molecule has 4 aromatic rings. The number of azo groups is 1. The first-order valence-corrected chi connectivity index (χ1v) is 11.3. The zero-order valence-electron chi connectivity index (χ0n) is 20.3. The van der Waals surface area contributed by atoms with Crippen molar-refractivity contribution in [1.29, 1.82) is 0 Å². The molecule has 0 aliphatic rings. The van der Waals surface area contributed by atoms with Crippen molar-refractivity contribution < 1.29 is 19.7 Å². The molecule has 0 saturated heterocycles. The van der Waals surface area contributed by atoms with Gasteiger partial charge in [0.15, 0.2) is 5.75 Å². The lowest BCUT2D eigenvalue weighted by Gasteiger charge is -2.08. The van der Waals surface area contributed by atoms with E-state index < -0.39 is 11.5 Å². The number of aromatic nitrogens is 2. The van der Waals surface area contributed by atoms with E-state index in [2.05, 4.69) is 15.3 Å². The van der Waals surface area contributed by atoms with Crippen molar-refractivity contribution >= 4 is 17.3 Å². The van der Waals surface area contributed by atoms with Gasteiger partial charge >= 0.3 is 11.5 Å². The second kappa shape index (κ2) is 9.91. The third kappa shape index (κ3) is 4.90. The Hall–Kier alpha value is -4.66. The molecule has 0 aliphatic heterocycles. The summed E-state index contributed by atoms with van der Waals surface area (Å²) in [5.74, 6) is -1.11. The summed E-state index contributed by atoms with van der Waals surface area (Å²) in [6.45, 7) is 7.60. The number of rotatable bonds is 7. The number of aromatic amines is 1. The molecule has 0 radical (unpaired) electrons. The molecular formula is C27H26N4O5. The minimum atomic E-state index is -1.07. The molecule has 0 atom stereocenters. The SMILES string of the molecule is Cc1ccc(-n2[nH]c(OC(C)C)c(N=Nc3cccc(-c4cccc(C(=O)O)c4)c3O)c2=O)cc1C. The Kier molecular flexibility index (Phi) is 6.73. The quantitative estimate of drug-likeness (QED) is 0.274. The fraction of sp³-hybridized carbons (Fsp3) is 0.185. The van der Waals surface area contributed by atoms with Crippen LogP contribution in [0.1, 0.15) is 35.3 Å². The van der Waals surface area contributed by atoms with Crippen LogP contribution >= 0.6 is 0 Å². The number of phenolic OH excluding ortho intramolecular Hbond substituents is 1. The molecule has 4 rings (SSSR count). The summed E-state index contributed by atoms with van der Waals surface area (Å²) >= 11 is 0. The van der Waals surface area contributed by atoms with Gasteiger partial charge in [0.1, 0.15) is 5.69 Å². The highest BCUT2D eigenvalue weighted by molar-refractivity contribution is 5.90. The summed E-state index contributed by atoms with van der Waals surface area (Å²) in [7, 11) is 0. The van der Waals surface area contributed by atoms with Gasteiger partial charge < -0.3 is 14.9 Å². The number of aryl methyl sites for hydroxylation is 2. The van der Waals surface area contributed by atoms with E-state index in [-0.39, 0.29) is 34.7 Å². The smallest absolute Gasteiger partial charge is 0.335 e. The van der Waals surface area contributed by atoms with E-state index in [4.69, 9.17) is 4.74 Å². The van der Waals surface area contributed by atoms with Crippen LogP contribution in [0.5, 0.6) is 11.6 Å². The third-order valence-corrected chi connectivity index (χ3v) is 5.63. The number of aromatic carboxylic acids is 1. The first-order valence-electron chi connectivity index (χ1n) is 11.3. The van der Waals surface area contributed by atoms with E-state index in [1.807, 2.05) is 45.9 Å². The Morgan fingerprint density at radius 3 is 2.44 bits per heavy atom. The van der Waals surface area contributed by atoms with Crippen LogP contribution < -0.4 is 10.3 Å². The third-order valence-electron chi connectivity index (χ3n) is 5.63. The highest BCUT2D eigenvalue weighted by Gasteiger charge is 2.19. The molecular weight excluding hydrogens is 460 g/mol. The molecule has 36 heavy (non-hydrogen) atoms. The summed E-state index contributed by atoms with van der Waals surface area (Å²) in [5, 5.41) is 31.4. The van der Waals surface area contributed by atoms with Crippen LogP contribution in [-0.4, -0.2) is 32.1 Å². The maximum atomic E-state index is 13.2. The number of carboxylic acids is 1. The van der Waals surface area contributed by atoms with Gasteiger partial charge in [0.2, 0.25) is 11.6 Å². The number of H-pyrrole nitrogens is 1. The molecule has 9 heteroatoms. The van der Waals surface area contributed by atoms with Gasteiger partial charge in [-0.15, -0.1) is 10.2 Å². The van der Waals surface area contributed by atoms with Gasteiger partial charge in [0.25, 0.3) is 0 Å². The van der Waals surface area contributed by atoms with E-state index in [1.54, 1.807) is 30.3 Å². The van der Waals surface area contributed by atoms with Crippen molar-refractivity contribution in [2.75, 3.05) is 0 Å². The number of phenols is 1. The number of nitrogens with zero attached hydrogens (tertiary/aromatic N) is 3. The number of nitrogens with one attached hydrogen (secondary N) is 1. The second-order valence-electron chi connectivity index (χ2n) is 8.62. The van der Waals surface area contributed by atoms with Gasteiger partial charge in [-0.05, 0) is 74.7 Å². The van der Waals surface area contributed by atoms with Crippen molar-refractivity contribution in [2.45, 2.75) is 33.8 Å². The monoisotopic (exact) mass is 486 g/mol. The average Bonchev–Trinajstić information content (AvgIpc) is 3.14. The number of aromatic hydroxyl groups is 1. The highest BCUT2D eigenvalue weighted by Crippen LogP contribution is 2.38. The average molecular weight is 487 g/mol. The van der Waals surface area contributed by atoms with Crippen molar-refractivity contribution in [3.05, 3.63) is 87.7 Å². The van der Waals surface area contributed by atoms with Crippen molar-refractivity contribution in [3.63, 3.8) is 0 Å². The van der Waals surface area contributed by atoms with Crippen LogP contribution in [0.2, 0.25) is 0 Å². The first-order chi connectivity index (χ1) is 17.2. The van der Waals surface area contributed by atoms with Gasteiger partial charge in [-0.1, -0.05) is 30.3 Å². The largest absolute Gasteiger partial charge is 0.505 e. The highest BCUT2D eigenvalue weighted by atomic mass is 16.5. The Labute approximate surface area is 207 Å². The molecule has 1 aromatic heterocycles. The van der Waals surface area contributed by atoms with Crippen LogP contribution in [0.4, 0.5) is 11.4 Å². The number of benzene rings is 3. The van der Waals surface area contributed by atoms with Crippen molar-refractivity contribution in [2.24, 2.45) is 10.2 Å². The number of para-hydroxylation sites is 1. The lowest BCUT2D eigenvalue weighted by atomic mass is 10.0. The summed E-state index contributed by atoms with van der Waals surface area (Å²) < 4.78 is 7.12. The van der Waals surface area contributed by atoms with E-state index in [0.29, 0.717) is 16.8 Å².